The molecule has 0 aromatic rings. The molecule has 9 heteroatoms. The van der Waals surface area contributed by atoms with Gasteiger partial charge in [0.25, 0.3) is 5.91 Å². The summed E-state index contributed by atoms with van der Waals surface area (Å²) in [6.45, 7) is 5.47. The molecule has 2 heterocycles. The fourth-order valence-electron chi connectivity index (χ4n) is 5.06. The van der Waals surface area contributed by atoms with Crippen LogP contribution in [0, 0.1) is 17.8 Å². The number of hydrogen-bond acceptors (Lipinski definition) is 6. The van der Waals surface area contributed by atoms with Crippen LogP contribution in [-0.4, -0.2) is 53.9 Å². The Labute approximate surface area is 196 Å². The van der Waals surface area contributed by atoms with E-state index in [0.29, 0.717) is 30.0 Å². The van der Waals surface area contributed by atoms with Crippen LogP contribution in [0.15, 0.2) is 58.3 Å². The summed E-state index contributed by atoms with van der Waals surface area (Å²) < 4.78 is 28.0. The molecule has 7 nitrogen and oxygen atoms in total. The van der Waals surface area contributed by atoms with Crippen molar-refractivity contribution in [2.24, 2.45) is 27.7 Å². The molecule has 0 radical (unpaired) electrons. The molecule has 2 aliphatic heterocycles. The first kappa shape index (κ1) is 23.9. The highest BCUT2D eigenvalue weighted by Gasteiger charge is 2.45. The van der Waals surface area contributed by atoms with E-state index >= 15 is 0 Å². The number of rotatable bonds is 8. The lowest BCUT2D eigenvalue weighted by Crippen LogP contribution is -2.43. The molecule has 0 spiro atoms. The smallest absolute Gasteiger partial charge is 0.254 e. The van der Waals surface area contributed by atoms with Gasteiger partial charge in [-0.25, -0.2) is 8.78 Å². The van der Waals surface area contributed by atoms with Crippen molar-refractivity contribution in [2.75, 3.05) is 0 Å². The SMILES string of the molecule is C=C/C=C\C(=NC(C)CC1CC(F)=CCC1F)C(C=O)C1=NC2C=C3C(=O)NC(=O)C3CC2N1. The van der Waals surface area contributed by atoms with Gasteiger partial charge in [-0.05, 0) is 50.3 Å². The van der Waals surface area contributed by atoms with Crippen molar-refractivity contribution in [3.05, 3.63) is 48.4 Å². The Bertz CT molecular complexity index is 1040. The Morgan fingerprint density at radius 1 is 1.41 bits per heavy atom. The molecular weight excluding hydrogens is 442 g/mol. The van der Waals surface area contributed by atoms with E-state index in [4.69, 9.17) is 0 Å². The van der Waals surface area contributed by atoms with E-state index in [0.717, 1.165) is 6.29 Å². The number of allylic oxidation sites excluding steroid dienone is 5. The van der Waals surface area contributed by atoms with Crippen LogP contribution in [-0.2, 0) is 14.4 Å². The lowest BCUT2D eigenvalue weighted by Gasteiger charge is -2.26. The van der Waals surface area contributed by atoms with Crippen molar-refractivity contribution in [2.45, 2.75) is 56.9 Å². The molecule has 0 bridgehead atoms. The molecule has 2 N–H and O–H groups in total. The molecule has 7 atom stereocenters. The van der Waals surface area contributed by atoms with Gasteiger partial charge in [0, 0.05) is 18.0 Å². The second-order valence-electron chi connectivity index (χ2n) is 9.20. The maximum atomic E-state index is 14.3. The predicted molar refractivity (Wildman–Crippen MR) is 125 cm³/mol. The first-order valence-corrected chi connectivity index (χ1v) is 11.5. The number of fused-ring (bicyclic) bond motifs is 2. The van der Waals surface area contributed by atoms with Crippen LogP contribution >= 0.6 is 0 Å². The average molecular weight is 471 g/mol. The standard InChI is InChI=1S/C25H28F2N4O3/c1-3-4-5-20(28-13(2)8-14-9-15(26)6-7-19(14)27)18(12-32)23-29-21-10-16-17(11-22(21)30-23)25(34)31-24(16)33/h3-6,10,12-14,17-19,21-22H,1,7-9,11H2,2H3,(H,29,30)(H,31,33,34)/b5-4-,28-20?. The van der Waals surface area contributed by atoms with E-state index in [1.807, 2.05) is 6.92 Å². The average Bonchev–Trinajstić information content (AvgIpc) is 3.33. The van der Waals surface area contributed by atoms with Crippen molar-refractivity contribution < 1.29 is 23.2 Å². The van der Waals surface area contributed by atoms with E-state index in [9.17, 15) is 23.2 Å². The number of aldehydes is 1. The summed E-state index contributed by atoms with van der Waals surface area (Å²) in [7, 11) is 0. The maximum absolute atomic E-state index is 14.3. The number of amides is 2. The summed E-state index contributed by atoms with van der Waals surface area (Å²) in [5.41, 5.74) is 0.848. The molecule has 1 fully saturated rings. The van der Waals surface area contributed by atoms with Gasteiger partial charge in [0.05, 0.1) is 29.5 Å². The third-order valence-electron chi connectivity index (χ3n) is 6.76. The lowest BCUT2D eigenvalue weighted by molar-refractivity contribution is -0.125. The van der Waals surface area contributed by atoms with Crippen molar-refractivity contribution in [3.63, 3.8) is 0 Å². The number of carbonyl (C=O) groups excluding carboxylic acids is 3. The van der Waals surface area contributed by atoms with Crippen LogP contribution in [0.2, 0.25) is 0 Å². The minimum atomic E-state index is -1.12. The van der Waals surface area contributed by atoms with Crippen molar-refractivity contribution in [3.8, 4) is 0 Å². The predicted octanol–water partition coefficient (Wildman–Crippen LogP) is 2.71. The molecule has 34 heavy (non-hydrogen) atoms. The number of nitrogens with zero attached hydrogens (tertiary/aromatic N) is 2. The number of imide groups is 1. The zero-order valence-electron chi connectivity index (χ0n) is 18.9. The molecule has 2 amide bonds. The van der Waals surface area contributed by atoms with E-state index in [2.05, 4.69) is 27.2 Å². The van der Waals surface area contributed by atoms with Gasteiger partial charge in [-0.3, -0.25) is 24.9 Å². The van der Waals surface area contributed by atoms with E-state index < -0.39 is 29.8 Å². The number of halogens is 2. The number of alkyl halides is 1. The second-order valence-corrected chi connectivity index (χ2v) is 9.20. The normalized spacial score (nSPS) is 32.6. The zero-order valence-corrected chi connectivity index (χ0v) is 18.9. The van der Waals surface area contributed by atoms with Crippen LogP contribution in [0.5, 0.6) is 0 Å². The summed E-state index contributed by atoms with van der Waals surface area (Å²) in [6, 6.07) is -0.936. The van der Waals surface area contributed by atoms with Gasteiger partial charge in [-0.2, -0.15) is 0 Å². The van der Waals surface area contributed by atoms with Gasteiger partial charge in [-0.15, -0.1) is 0 Å². The fourth-order valence-corrected chi connectivity index (χ4v) is 5.06. The van der Waals surface area contributed by atoms with Gasteiger partial charge in [0.2, 0.25) is 5.91 Å². The third kappa shape index (κ3) is 4.83. The molecule has 0 aromatic heterocycles. The summed E-state index contributed by atoms with van der Waals surface area (Å²) in [6.07, 6.45) is 8.31. The molecule has 4 aliphatic rings. The van der Waals surface area contributed by atoms with Gasteiger partial charge in [-0.1, -0.05) is 18.7 Å². The third-order valence-corrected chi connectivity index (χ3v) is 6.76. The quantitative estimate of drug-likeness (QED) is 0.247. The molecule has 4 rings (SSSR count). The van der Waals surface area contributed by atoms with Crippen LogP contribution in [0.25, 0.3) is 0 Å². The summed E-state index contributed by atoms with van der Waals surface area (Å²) in [4.78, 5) is 45.5. The number of nitrogens with one attached hydrogen (secondary N) is 2. The van der Waals surface area contributed by atoms with E-state index in [1.54, 1.807) is 24.3 Å². The molecule has 0 saturated carbocycles. The first-order chi connectivity index (χ1) is 16.3. The lowest BCUT2D eigenvalue weighted by atomic mass is 9.84. The Hall–Kier alpha value is -3.23. The first-order valence-electron chi connectivity index (χ1n) is 11.5. The molecule has 180 valence electrons. The zero-order chi connectivity index (χ0) is 24.4. The summed E-state index contributed by atoms with van der Waals surface area (Å²) in [5.74, 6) is -2.40. The number of hydrogen-bond donors (Lipinski definition) is 2. The van der Waals surface area contributed by atoms with Crippen LogP contribution in [0.3, 0.4) is 0 Å². The van der Waals surface area contributed by atoms with Crippen LogP contribution in [0.4, 0.5) is 8.78 Å². The second kappa shape index (κ2) is 9.95. The van der Waals surface area contributed by atoms with Crippen molar-refractivity contribution in [1.82, 2.24) is 10.6 Å². The number of amidine groups is 1. The number of aliphatic imine (C=N–C) groups is 2. The molecule has 1 saturated heterocycles. The van der Waals surface area contributed by atoms with Crippen LogP contribution in [0.1, 0.15) is 32.6 Å². The fraction of sp³-hybridized carbons (Fsp3) is 0.480. The van der Waals surface area contributed by atoms with Gasteiger partial charge < -0.3 is 10.1 Å². The highest BCUT2D eigenvalue weighted by atomic mass is 19.1. The molecule has 0 aromatic carbocycles. The van der Waals surface area contributed by atoms with Crippen molar-refractivity contribution in [1.29, 1.82) is 0 Å². The Balaban J connectivity index is 1.54. The summed E-state index contributed by atoms with van der Waals surface area (Å²) in [5, 5.41) is 5.57. The largest absolute Gasteiger partial charge is 0.368 e. The molecule has 7 unspecified atom stereocenters. The minimum Gasteiger partial charge on any atom is -0.368 e. The highest BCUT2D eigenvalue weighted by Crippen LogP contribution is 2.34. The molecule has 2 aliphatic carbocycles. The van der Waals surface area contributed by atoms with Crippen LogP contribution < -0.4 is 10.6 Å². The van der Waals surface area contributed by atoms with Gasteiger partial charge in [0.15, 0.2) is 0 Å². The Morgan fingerprint density at radius 2 is 2.21 bits per heavy atom. The van der Waals surface area contributed by atoms with E-state index in [-0.39, 0.29) is 42.7 Å². The van der Waals surface area contributed by atoms with E-state index in [1.165, 1.54) is 6.08 Å². The maximum Gasteiger partial charge on any atom is 0.254 e. The highest BCUT2D eigenvalue weighted by molar-refractivity contribution is 6.21. The monoisotopic (exact) mass is 470 g/mol. The molecular formula is C25H28F2N4O3. The minimum absolute atomic E-state index is 0.0513. The van der Waals surface area contributed by atoms with Crippen molar-refractivity contribution >= 4 is 29.6 Å². The topological polar surface area (TPSA) is 100.0 Å². The van der Waals surface area contributed by atoms with Gasteiger partial charge in [0.1, 0.15) is 24.2 Å². The Morgan fingerprint density at radius 3 is 2.94 bits per heavy atom. The number of carbonyl (C=O) groups is 3. The summed E-state index contributed by atoms with van der Waals surface area (Å²) >= 11 is 0. The van der Waals surface area contributed by atoms with Gasteiger partial charge >= 0.3 is 0 Å². The Kier molecular flexibility index (Phi) is 7.00.